The van der Waals surface area contributed by atoms with Crippen molar-refractivity contribution in [2.75, 3.05) is 0 Å². The maximum absolute atomic E-state index is 5.84. The summed E-state index contributed by atoms with van der Waals surface area (Å²) in [4.78, 5) is 4.38. The highest BCUT2D eigenvalue weighted by Gasteiger charge is 2.06. The van der Waals surface area contributed by atoms with Gasteiger partial charge in [-0.3, -0.25) is 0 Å². The van der Waals surface area contributed by atoms with E-state index in [-0.39, 0.29) is 6.04 Å². The van der Waals surface area contributed by atoms with Gasteiger partial charge in [0, 0.05) is 31.4 Å². The minimum Gasteiger partial charge on any atom is -0.330 e. The van der Waals surface area contributed by atoms with Gasteiger partial charge in [-0.15, -0.1) is 0 Å². The predicted molar refractivity (Wildman–Crippen MR) is 74.6 cm³/mol. The van der Waals surface area contributed by atoms with Crippen molar-refractivity contribution in [2.45, 2.75) is 39.8 Å². The molecular weight excluding hydrogens is 222 g/mol. The van der Waals surface area contributed by atoms with E-state index in [1.807, 2.05) is 19.3 Å². The molecule has 3 nitrogen and oxygen atoms in total. The van der Waals surface area contributed by atoms with Crippen molar-refractivity contribution >= 4 is 0 Å². The number of hydrogen-bond acceptors (Lipinski definition) is 2. The molecule has 96 valence electrons. The first-order chi connectivity index (χ1) is 8.56. The molecule has 1 heterocycles. The lowest BCUT2D eigenvalue weighted by atomic mass is 10.1. The van der Waals surface area contributed by atoms with Gasteiger partial charge in [0.1, 0.15) is 5.82 Å². The lowest BCUT2D eigenvalue weighted by molar-refractivity contribution is 0.648. The molecule has 18 heavy (non-hydrogen) atoms. The third kappa shape index (κ3) is 2.99. The highest BCUT2D eigenvalue weighted by atomic mass is 15.1. The molecule has 1 unspecified atom stereocenters. The second kappa shape index (κ2) is 5.36. The Balaban J connectivity index is 2.18. The van der Waals surface area contributed by atoms with Gasteiger partial charge < -0.3 is 10.3 Å². The molecule has 0 fully saturated rings. The quantitative estimate of drug-likeness (QED) is 0.896. The van der Waals surface area contributed by atoms with Gasteiger partial charge in [0.25, 0.3) is 0 Å². The summed E-state index contributed by atoms with van der Waals surface area (Å²) in [6, 6.07) is 6.74. The van der Waals surface area contributed by atoms with Crippen molar-refractivity contribution < 1.29 is 0 Å². The minimum absolute atomic E-state index is 0.144. The minimum atomic E-state index is 0.144. The van der Waals surface area contributed by atoms with Crippen molar-refractivity contribution in [3.63, 3.8) is 0 Å². The van der Waals surface area contributed by atoms with Crippen LogP contribution in [0.5, 0.6) is 0 Å². The molecule has 1 aromatic heterocycles. The van der Waals surface area contributed by atoms with Crippen LogP contribution in [-0.4, -0.2) is 15.6 Å². The Hall–Kier alpha value is -1.61. The van der Waals surface area contributed by atoms with E-state index in [1.165, 1.54) is 16.7 Å². The molecule has 0 radical (unpaired) electrons. The van der Waals surface area contributed by atoms with Crippen LogP contribution < -0.4 is 5.73 Å². The average Bonchev–Trinajstić information content (AvgIpc) is 2.70. The van der Waals surface area contributed by atoms with Crippen molar-refractivity contribution in [2.24, 2.45) is 5.73 Å². The second-order valence-corrected chi connectivity index (χ2v) is 5.07. The van der Waals surface area contributed by atoms with E-state index in [9.17, 15) is 0 Å². The highest BCUT2D eigenvalue weighted by Crippen LogP contribution is 2.12. The molecule has 1 aromatic carbocycles. The monoisotopic (exact) mass is 243 g/mol. The standard InChI is InChI=1S/C15H21N3/c1-11-4-5-14(8-12(11)2)10-18-7-6-17-15(18)9-13(3)16/h4-8,13H,9-10,16H2,1-3H3. The van der Waals surface area contributed by atoms with Crippen LogP contribution in [0.1, 0.15) is 29.4 Å². The first kappa shape index (κ1) is 12.8. The van der Waals surface area contributed by atoms with Gasteiger partial charge in [-0.2, -0.15) is 0 Å². The van der Waals surface area contributed by atoms with E-state index in [0.29, 0.717) is 0 Å². The summed E-state index contributed by atoms with van der Waals surface area (Å²) in [5.41, 5.74) is 9.81. The van der Waals surface area contributed by atoms with Crippen LogP contribution in [-0.2, 0) is 13.0 Å². The van der Waals surface area contributed by atoms with E-state index < -0.39 is 0 Å². The van der Waals surface area contributed by atoms with E-state index in [0.717, 1.165) is 18.8 Å². The average molecular weight is 243 g/mol. The molecule has 0 saturated heterocycles. The van der Waals surface area contributed by atoms with Gasteiger partial charge in [-0.25, -0.2) is 4.98 Å². The largest absolute Gasteiger partial charge is 0.330 e. The van der Waals surface area contributed by atoms with E-state index in [1.54, 1.807) is 0 Å². The first-order valence-electron chi connectivity index (χ1n) is 6.38. The van der Waals surface area contributed by atoms with Crippen LogP contribution in [0, 0.1) is 13.8 Å². The molecule has 0 spiro atoms. The summed E-state index contributed by atoms with van der Waals surface area (Å²) in [6.07, 6.45) is 4.68. The SMILES string of the molecule is Cc1ccc(Cn2ccnc2CC(C)N)cc1C. The normalized spacial score (nSPS) is 12.7. The summed E-state index contributed by atoms with van der Waals surface area (Å²) >= 11 is 0. The molecule has 2 N–H and O–H groups in total. The van der Waals surface area contributed by atoms with Crippen LogP contribution in [0.2, 0.25) is 0 Å². The Kier molecular flexibility index (Phi) is 3.82. The number of imidazole rings is 1. The number of nitrogens with two attached hydrogens (primary N) is 1. The zero-order valence-electron chi connectivity index (χ0n) is 11.4. The van der Waals surface area contributed by atoms with Crippen molar-refractivity contribution in [3.05, 3.63) is 53.1 Å². The maximum atomic E-state index is 5.84. The van der Waals surface area contributed by atoms with Crippen molar-refractivity contribution in [1.29, 1.82) is 0 Å². The number of aromatic nitrogens is 2. The maximum Gasteiger partial charge on any atom is 0.110 e. The predicted octanol–water partition coefficient (Wildman–Crippen LogP) is 2.44. The summed E-state index contributed by atoms with van der Waals surface area (Å²) in [6.45, 7) is 7.16. The molecular formula is C15H21N3. The zero-order chi connectivity index (χ0) is 13.1. The number of aryl methyl sites for hydroxylation is 2. The van der Waals surface area contributed by atoms with Gasteiger partial charge >= 0.3 is 0 Å². The van der Waals surface area contributed by atoms with E-state index >= 15 is 0 Å². The van der Waals surface area contributed by atoms with Crippen LogP contribution in [0.3, 0.4) is 0 Å². The van der Waals surface area contributed by atoms with E-state index in [2.05, 4.69) is 41.6 Å². The van der Waals surface area contributed by atoms with Crippen LogP contribution in [0.15, 0.2) is 30.6 Å². The summed E-state index contributed by atoms with van der Waals surface area (Å²) in [5.74, 6) is 1.06. The molecule has 0 aliphatic heterocycles. The fourth-order valence-electron chi connectivity index (χ4n) is 2.06. The molecule has 2 rings (SSSR count). The van der Waals surface area contributed by atoms with Crippen molar-refractivity contribution in [1.82, 2.24) is 9.55 Å². The van der Waals surface area contributed by atoms with Crippen LogP contribution >= 0.6 is 0 Å². The van der Waals surface area contributed by atoms with Crippen LogP contribution in [0.25, 0.3) is 0 Å². The Morgan fingerprint density at radius 1 is 1.28 bits per heavy atom. The molecule has 1 atom stereocenters. The van der Waals surface area contributed by atoms with Crippen molar-refractivity contribution in [3.8, 4) is 0 Å². The third-order valence-electron chi connectivity index (χ3n) is 3.23. The molecule has 2 aromatic rings. The lowest BCUT2D eigenvalue weighted by Crippen LogP contribution is -2.20. The summed E-state index contributed by atoms with van der Waals surface area (Å²) in [7, 11) is 0. The first-order valence-corrected chi connectivity index (χ1v) is 6.38. The summed E-state index contributed by atoms with van der Waals surface area (Å²) in [5, 5.41) is 0. The topological polar surface area (TPSA) is 43.8 Å². The zero-order valence-corrected chi connectivity index (χ0v) is 11.4. The van der Waals surface area contributed by atoms with E-state index in [4.69, 9.17) is 5.73 Å². The van der Waals surface area contributed by atoms with Gasteiger partial charge in [-0.1, -0.05) is 18.2 Å². The van der Waals surface area contributed by atoms with Gasteiger partial charge in [0.15, 0.2) is 0 Å². The van der Waals surface area contributed by atoms with Gasteiger partial charge in [0.2, 0.25) is 0 Å². The number of benzene rings is 1. The fourth-order valence-corrected chi connectivity index (χ4v) is 2.06. The fraction of sp³-hybridized carbons (Fsp3) is 0.400. The van der Waals surface area contributed by atoms with Crippen LogP contribution in [0.4, 0.5) is 0 Å². The lowest BCUT2D eigenvalue weighted by Gasteiger charge is -2.11. The number of rotatable bonds is 4. The van der Waals surface area contributed by atoms with Gasteiger partial charge in [-0.05, 0) is 37.5 Å². The number of nitrogens with zero attached hydrogens (tertiary/aromatic N) is 2. The molecule has 0 aliphatic carbocycles. The Morgan fingerprint density at radius 2 is 2.06 bits per heavy atom. The molecule has 3 heteroatoms. The Bertz CT molecular complexity index is 526. The molecule has 0 amide bonds. The molecule has 0 saturated carbocycles. The Labute approximate surface area is 109 Å². The summed E-state index contributed by atoms with van der Waals surface area (Å²) < 4.78 is 2.17. The van der Waals surface area contributed by atoms with Gasteiger partial charge in [0.05, 0.1) is 0 Å². The smallest absolute Gasteiger partial charge is 0.110 e. The second-order valence-electron chi connectivity index (χ2n) is 5.07. The molecule has 0 bridgehead atoms. The number of hydrogen-bond donors (Lipinski definition) is 1. The Morgan fingerprint density at radius 3 is 2.72 bits per heavy atom. The highest BCUT2D eigenvalue weighted by molar-refractivity contribution is 5.30. The third-order valence-corrected chi connectivity index (χ3v) is 3.23. The molecule has 0 aliphatic rings.